The third kappa shape index (κ3) is 5.23. The predicted molar refractivity (Wildman–Crippen MR) is 130 cm³/mol. The number of imidazole rings is 1. The topological polar surface area (TPSA) is 70.2 Å². The normalized spacial score (nSPS) is 15.9. The van der Waals surface area contributed by atoms with Crippen LogP contribution in [0.2, 0.25) is 0 Å². The number of unbranched alkanes of at least 4 members (excludes halogenated alkanes) is 4. The van der Waals surface area contributed by atoms with Crippen LogP contribution in [0, 0.1) is 5.92 Å². The van der Waals surface area contributed by atoms with Crippen molar-refractivity contribution < 1.29 is 9.53 Å². The lowest BCUT2D eigenvalue weighted by atomic mass is 10.1. The first kappa shape index (κ1) is 22.2. The van der Waals surface area contributed by atoms with Crippen molar-refractivity contribution in [1.82, 2.24) is 15.3 Å². The first-order valence-corrected chi connectivity index (χ1v) is 11.8. The fourth-order valence-corrected chi connectivity index (χ4v) is 4.40. The number of aromatic amines is 1. The summed E-state index contributed by atoms with van der Waals surface area (Å²) in [6.07, 6.45) is 6.97. The van der Waals surface area contributed by atoms with Crippen molar-refractivity contribution in [3.05, 3.63) is 42.5 Å². The number of ether oxygens (including phenoxy) is 1. The summed E-state index contributed by atoms with van der Waals surface area (Å²) >= 11 is 0. The molecule has 2 heterocycles. The predicted octanol–water partition coefficient (Wildman–Crippen LogP) is 5.15. The number of hydrogen-bond donors (Lipinski definition) is 2. The summed E-state index contributed by atoms with van der Waals surface area (Å²) < 4.78 is 5.31. The molecule has 32 heavy (non-hydrogen) atoms. The molecule has 1 saturated heterocycles. The van der Waals surface area contributed by atoms with Gasteiger partial charge in [-0.1, -0.05) is 44.7 Å². The van der Waals surface area contributed by atoms with Gasteiger partial charge in [-0.2, -0.15) is 0 Å². The van der Waals surface area contributed by atoms with Crippen LogP contribution in [0.4, 0.5) is 5.69 Å². The highest BCUT2D eigenvalue weighted by Crippen LogP contribution is 2.29. The Labute approximate surface area is 190 Å². The molecule has 0 spiro atoms. The lowest BCUT2D eigenvalue weighted by Crippen LogP contribution is -2.33. The van der Waals surface area contributed by atoms with Crippen molar-refractivity contribution in [2.75, 3.05) is 31.6 Å². The molecule has 1 aromatic heterocycles. The van der Waals surface area contributed by atoms with Gasteiger partial charge in [-0.25, -0.2) is 4.98 Å². The summed E-state index contributed by atoms with van der Waals surface area (Å²) in [5, 5.41) is 3.14. The third-order valence-corrected chi connectivity index (χ3v) is 6.31. The SMILES string of the molecule is CCCCCCCNC(=O)C1CCN(c2cccc(-c3nc4ccc(OC)cc4[nH]3)c2)C1. The van der Waals surface area contributed by atoms with E-state index in [0.717, 1.165) is 66.3 Å². The van der Waals surface area contributed by atoms with E-state index in [-0.39, 0.29) is 11.8 Å². The Morgan fingerprint density at radius 1 is 1.19 bits per heavy atom. The van der Waals surface area contributed by atoms with Gasteiger partial charge in [0.15, 0.2) is 0 Å². The van der Waals surface area contributed by atoms with Crippen LogP contribution in [0.25, 0.3) is 22.4 Å². The molecule has 0 bridgehead atoms. The number of rotatable bonds is 10. The van der Waals surface area contributed by atoms with Gasteiger partial charge in [0, 0.05) is 37.0 Å². The highest BCUT2D eigenvalue weighted by Gasteiger charge is 2.28. The van der Waals surface area contributed by atoms with Gasteiger partial charge >= 0.3 is 0 Å². The Morgan fingerprint density at radius 2 is 2.06 bits per heavy atom. The zero-order valence-electron chi connectivity index (χ0n) is 19.2. The van der Waals surface area contributed by atoms with Crippen molar-refractivity contribution in [3.63, 3.8) is 0 Å². The van der Waals surface area contributed by atoms with E-state index in [9.17, 15) is 4.79 Å². The van der Waals surface area contributed by atoms with Gasteiger partial charge in [-0.05, 0) is 37.1 Å². The van der Waals surface area contributed by atoms with Crippen LogP contribution in [0.15, 0.2) is 42.5 Å². The monoisotopic (exact) mass is 434 g/mol. The van der Waals surface area contributed by atoms with E-state index in [1.54, 1.807) is 7.11 Å². The summed E-state index contributed by atoms with van der Waals surface area (Å²) in [6, 6.07) is 14.2. The van der Waals surface area contributed by atoms with Crippen LogP contribution in [0.5, 0.6) is 5.75 Å². The standard InChI is InChI=1S/C26H34N4O2/c1-3-4-5-6-7-14-27-26(31)20-13-15-30(18-20)21-10-8-9-19(16-21)25-28-23-12-11-22(32-2)17-24(23)29-25/h8-12,16-17,20H,3-7,13-15,18H2,1-2H3,(H,27,31)(H,28,29). The smallest absolute Gasteiger partial charge is 0.224 e. The maximum Gasteiger partial charge on any atom is 0.224 e. The van der Waals surface area contributed by atoms with E-state index in [4.69, 9.17) is 9.72 Å². The van der Waals surface area contributed by atoms with E-state index in [0.29, 0.717) is 0 Å². The van der Waals surface area contributed by atoms with Gasteiger partial charge in [0.2, 0.25) is 5.91 Å². The number of amides is 1. The number of H-pyrrole nitrogens is 1. The quantitative estimate of drug-likeness (QED) is 0.433. The molecule has 4 rings (SSSR count). The second kappa shape index (κ2) is 10.5. The number of benzene rings is 2. The minimum absolute atomic E-state index is 0.0629. The second-order valence-corrected chi connectivity index (χ2v) is 8.66. The van der Waals surface area contributed by atoms with Crippen LogP contribution in [0.3, 0.4) is 0 Å². The number of fused-ring (bicyclic) bond motifs is 1. The average molecular weight is 435 g/mol. The number of hydrogen-bond acceptors (Lipinski definition) is 4. The van der Waals surface area contributed by atoms with Crippen LogP contribution in [-0.4, -0.2) is 42.6 Å². The molecule has 0 saturated carbocycles. The van der Waals surface area contributed by atoms with Gasteiger partial charge in [0.05, 0.1) is 24.1 Å². The maximum atomic E-state index is 12.6. The van der Waals surface area contributed by atoms with E-state index < -0.39 is 0 Å². The number of methoxy groups -OCH3 is 1. The summed E-state index contributed by atoms with van der Waals surface area (Å²) in [4.78, 5) is 23.0. The van der Waals surface area contributed by atoms with E-state index in [1.807, 2.05) is 18.2 Å². The number of carbonyl (C=O) groups excluding carboxylic acids is 1. The molecule has 1 unspecified atom stereocenters. The molecule has 6 nitrogen and oxygen atoms in total. The van der Waals surface area contributed by atoms with Crippen LogP contribution in [0.1, 0.15) is 45.4 Å². The fraction of sp³-hybridized carbons (Fsp3) is 0.462. The summed E-state index contributed by atoms with van der Waals surface area (Å²) in [6.45, 7) is 4.68. The summed E-state index contributed by atoms with van der Waals surface area (Å²) in [7, 11) is 1.67. The van der Waals surface area contributed by atoms with Gasteiger partial charge < -0.3 is 19.9 Å². The number of nitrogens with one attached hydrogen (secondary N) is 2. The second-order valence-electron chi connectivity index (χ2n) is 8.66. The van der Waals surface area contributed by atoms with Crippen LogP contribution < -0.4 is 15.0 Å². The summed E-state index contributed by atoms with van der Waals surface area (Å²) in [5.41, 5.74) is 4.05. The van der Waals surface area contributed by atoms with Gasteiger partial charge in [0.25, 0.3) is 0 Å². The zero-order valence-corrected chi connectivity index (χ0v) is 19.2. The Balaban J connectivity index is 1.36. The largest absolute Gasteiger partial charge is 0.497 e. The average Bonchev–Trinajstić information content (AvgIpc) is 3.48. The van der Waals surface area contributed by atoms with Crippen molar-refractivity contribution in [1.29, 1.82) is 0 Å². The maximum absolute atomic E-state index is 12.6. The molecule has 1 amide bonds. The lowest BCUT2D eigenvalue weighted by Gasteiger charge is -2.19. The number of anilines is 1. The number of nitrogens with zero attached hydrogens (tertiary/aromatic N) is 2. The van der Waals surface area contributed by atoms with Crippen molar-refractivity contribution in [3.8, 4) is 17.1 Å². The Hall–Kier alpha value is -3.02. The van der Waals surface area contributed by atoms with Crippen molar-refractivity contribution in [2.45, 2.75) is 45.4 Å². The Morgan fingerprint density at radius 3 is 2.91 bits per heavy atom. The minimum atomic E-state index is 0.0629. The molecular weight excluding hydrogens is 400 g/mol. The van der Waals surface area contributed by atoms with Gasteiger partial charge in [-0.3, -0.25) is 4.79 Å². The molecule has 0 aliphatic carbocycles. The van der Waals surface area contributed by atoms with E-state index in [2.05, 4.69) is 46.4 Å². The fourth-order valence-electron chi connectivity index (χ4n) is 4.40. The molecule has 2 N–H and O–H groups in total. The molecule has 2 aromatic carbocycles. The van der Waals surface area contributed by atoms with E-state index >= 15 is 0 Å². The molecule has 6 heteroatoms. The Bertz CT molecular complexity index is 1050. The molecule has 170 valence electrons. The molecule has 1 atom stereocenters. The first-order chi connectivity index (χ1) is 15.7. The molecule has 0 radical (unpaired) electrons. The van der Waals surface area contributed by atoms with Gasteiger partial charge in [-0.15, -0.1) is 0 Å². The highest BCUT2D eigenvalue weighted by molar-refractivity contribution is 5.82. The van der Waals surface area contributed by atoms with Crippen molar-refractivity contribution in [2.24, 2.45) is 5.92 Å². The lowest BCUT2D eigenvalue weighted by molar-refractivity contribution is -0.124. The van der Waals surface area contributed by atoms with E-state index in [1.165, 1.54) is 25.7 Å². The molecule has 1 aliphatic heterocycles. The van der Waals surface area contributed by atoms with Crippen LogP contribution in [-0.2, 0) is 4.79 Å². The number of carbonyl (C=O) groups is 1. The molecule has 1 fully saturated rings. The first-order valence-electron chi connectivity index (χ1n) is 11.8. The van der Waals surface area contributed by atoms with Crippen molar-refractivity contribution >= 4 is 22.6 Å². The Kier molecular flexibility index (Phi) is 7.30. The molecule has 3 aromatic rings. The zero-order chi connectivity index (χ0) is 22.3. The minimum Gasteiger partial charge on any atom is -0.497 e. The third-order valence-electron chi connectivity index (χ3n) is 6.31. The van der Waals surface area contributed by atoms with Crippen LogP contribution >= 0.6 is 0 Å². The highest BCUT2D eigenvalue weighted by atomic mass is 16.5. The molecular formula is C26H34N4O2. The summed E-state index contributed by atoms with van der Waals surface area (Å²) in [5.74, 6) is 1.91. The van der Waals surface area contributed by atoms with Gasteiger partial charge in [0.1, 0.15) is 11.6 Å². The number of aromatic nitrogens is 2. The molecule has 1 aliphatic rings.